The van der Waals surface area contributed by atoms with Gasteiger partial charge in [0.05, 0.1) is 4.92 Å². The van der Waals surface area contributed by atoms with Crippen LogP contribution in [-0.4, -0.2) is 43.0 Å². The SMILES string of the molecule is COCC(=O)OCC(=O)NNC(=O)c1ccc([N+](=O)[O-])cc1. The van der Waals surface area contributed by atoms with E-state index in [1.54, 1.807) is 0 Å². The zero-order valence-corrected chi connectivity index (χ0v) is 11.5. The van der Waals surface area contributed by atoms with Crippen LogP contribution in [0.3, 0.4) is 0 Å². The number of esters is 1. The smallest absolute Gasteiger partial charge is 0.332 e. The molecule has 2 amide bonds. The van der Waals surface area contributed by atoms with Crippen LogP contribution in [0.5, 0.6) is 0 Å². The number of benzene rings is 1. The molecule has 0 aromatic heterocycles. The number of hydrogen-bond acceptors (Lipinski definition) is 7. The summed E-state index contributed by atoms with van der Waals surface area (Å²) in [6.45, 7) is -0.870. The molecule has 0 atom stereocenters. The van der Waals surface area contributed by atoms with Crippen molar-refractivity contribution < 1.29 is 28.8 Å². The topological polar surface area (TPSA) is 137 Å². The fraction of sp³-hybridized carbons (Fsp3) is 0.250. The van der Waals surface area contributed by atoms with E-state index < -0.39 is 29.3 Å². The number of methoxy groups -OCH3 is 1. The molecule has 1 aromatic carbocycles. The summed E-state index contributed by atoms with van der Waals surface area (Å²) in [4.78, 5) is 43.7. The van der Waals surface area contributed by atoms with Crippen molar-refractivity contribution in [3.8, 4) is 0 Å². The third-order valence-corrected chi connectivity index (χ3v) is 2.28. The van der Waals surface area contributed by atoms with Crippen molar-refractivity contribution in [1.82, 2.24) is 10.9 Å². The van der Waals surface area contributed by atoms with Crippen LogP contribution in [0.1, 0.15) is 10.4 Å². The molecule has 0 aliphatic heterocycles. The number of rotatable bonds is 6. The average molecular weight is 311 g/mol. The molecule has 22 heavy (non-hydrogen) atoms. The molecule has 0 fully saturated rings. The molecule has 2 N–H and O–H groups in total. The first-order valence-corrected chi connectivity index (χ1v) is 5.92. The monoisotopic (exact) mass is 311 g/mol. The Morgan fingerprint density at radius 3 is 2.32 bits per heavy atom. The molecular formula is C12H13N3O7. The van der Waals surface area contributed by atoms with Crippen molar-refractivity contribution in [1.29, 1.82) is 0 Å². The number of ether oxygens (including phenoxy) is 2. The van der Waals surface area contributed by atoms with Crippen LogP contribution in [0.25, 0.3) is 0 Å². The molecular weight excluding hydrogens is 298 g/mol. The molecule has 10 heteroatoms. The van der Waals surface area contributed by atoms with Crippen molar-refractivity contribution in [3.63, 3.8) is 0 Å². The van der Waals surface area contributed by atoms with Crippen molar-refractivity contribution in [3.05, 3.63) is 39.9 Å². The molecule has 118 valence electrons. The molecule has 0 spiro atoms. The molecule has 0 unspecified atom stereocenters. The summed E-state index contributed by atoms with van der Waals surface area (Å²) in [5, 5.41) is 10.5. The molecule has 1 rings (SSSR count). The molecule has 1 aromatic rings. The summed E-state index contributed by atoms with van der Waals surface area (Å²) in [6, 6.07) is 4.78. The van der Waals surface area contributed by atoms with E-state index in [2.05, 4.69) is 14.9 Å². The quantitative estimate of drug-likeness (QED) is 0.412. The van der Waals surface area contributed by atoms with E-state index in [0.29, 0.717) is 0 Å². The Balaban J connectivity index is 2.40. The van der Waals surface area contributed by atoms with E-state index in [1.807, 2.05) is 5.43 Å². The Bertz CT molecular complexity index is 571. The molecule has 0 saturated carbocycles. The van der Waals surface area contributed by atoms with Gasteiger partial charge in [0.15, 0.2) is 6.61 Å². The highest BCUT2D eigenvalue weighted by Crippen LogP contribution is 2.11. The lowest BCUT2D eigenvalue weighted by Crippen LogP contribution is -2.43. The maximum absolute atomic E-state index is 11.6. The number of non-ortho nitro benzene ring substituents is 1. The predicted molar refractivity (Wildman–Crippen MR) is 71.5 cm³/mol. The first-order chi connectivity index (χ1) is 10.4. The number of nitro groups is 1. The van der Waals surface area contributed by atoms with Gasteiger partial charge in [-0.05, 0) is 12.1 Å². The summed E-state index contributed by atoms with van der Waals surface area (Å²) < 4.78 is 9.02. The Kier molecular flexibility index (Phi) is 6.44. The zero-order valence-electron chi connectivity index (χ0n) is 11.5. The van der Waals surface area contributed by atoms with Crippen LogP contribution < -0.4 is 10.9 Å². The lowest BCUT2D eigenvalue weighted by molar-refractivity contribution is -0.384. The molecule has 10 nitrogen and oxygen atoms in total. The van der Waals surface area contributed by atoms with Gasteiger partial charge in [0.25, 0.3) is 17.5 Å². The van der Waals surface area contributed by atoms with Gasteiger partial charge in [-0.25, -0.2) is 4.79 Å². The van der Waals surface area contributed by atoms with Gasteiger partial charge in [-0.3, -0.25) is 30.6 Å². The van der Waals surface area contributed by atoms with Crippen LogP contribution >= 0.6 is 0 Å². The summed E-state index contributed by atoms with van der Waals surface area (Å²) in [6.07, 6.45) is 0. The van der Waals surface area contributed by atoms with E-state index in [9.17, 15) is 24.5 Å². The molecule has 0 radical (unpaired) electrons. The number of nitro benzene ring substituents is 1. The van der Waals surface area contributed by atoms with Gasteiger partial charge in [-0.1, -0.05) is 0 Å². The highest BCUT2D eigenvalue weighted by molar-refractivity contribution is 5.95. The number of carbonyl (C=O) groups is 3. The molecule has 0 saturated heterocycles. The first-order valence-electron chi connectivity index (χ1n) is 5.92. The number of amides is 2. The zero-order chi connectivity index (χ0) is 16.5. The highest BCUT2D eigenvalue weighted by atomic mass is 16.6. The van der Waals surface area contributed by atoms with Gasteiger partial charge >= 0.3 is 5.97 Å². The summed E-state index contributed by atoms with van der Waals surface area (Å²) in [7, 11) is 1.30. The number of carbonyl (C=O) groups excluding carboxylic acids is 3. The molecule has 0 aliphatic rings. The number of nitrogens with one attached hydrogen (secondary N) is 2. The maximum Gasteiger partial charge on any atom is 0.332 e. The Morgan fingerprint density at radius 1 is 1.14 bits per heavy atom. The van der Waals surface area contributed by atoms with Crippen LogP contribution in [0.2, 0.25) is 0 Å². The van der Waals surface area contributed by atoms with Gasteiger partial charge in [-0.2, -0.15) is 0 Å². The number of hydrogen-bond donors (Lipinski definition) is 2. The second-order valence-electron chi connectivity index (χ2n) is 3.90. The van der Waals surface area contributed by atoms with E-state index >= 15 is 0 Å². The third-order valence-electron chi connectivity index (χ3n) is 2.28. The van der Waals surface area contributed by atoms with Gasteiger partial charge in [0.2, 0.25) is 0 Å². The molecule has 0 bridgehead atoms. The molecule has 0 aliphatic carbocycles. The Labute approximate surface area is 124 Å². The summed E-state index contributed by atoms with van der Waals surface area (Å²) >= 11 is 0. The number of nitrogens with zero attached hydrogens (tertiary/aromatic N) is 1. The fourth-order valence-electron chi connectivity index (χ4n) is 1.27. The van der Waals surface area contributed by atoms with E-state index in [4.69, 9.17) is 0 Å². The lowest BCUT2D eigenvalue weighted by atomic mass is 10.2. The average Bonchev–Trinajstić information content (AvgIpc) is 2.51. The van der Waals surface area contributed by atoms with Crippen molar-refractivity contribution in [2.45, 2.75) is 0 Å². The Morgan fingerprint density at radius 2 is 1.77 bits per heavy atom. The van der Waals surface area contributed by atoms with Crippen molar-refractivity contribution in [2.75, 3.05) is 20.3 Å². The summed E-state index contributed by atoms with van der Waals surface area (Å²) in [5.41, 5.74) is 4.05. The van der Waals surface area contributed by atoms with E-state index in [1.165, 1.54) is 19.2 Å². The van der Waals surface area contributed by atoms with Crippen LogP contribution in [0, 0.1) is 10.1 Å². The standard InChI is InChI=1S/C12H13N3O7/c1-21-7-11(17)22-6-10(16)13-14-12(18)8-2-4-9(5-3-8)15(19)20/h2-5H,6-7H2,1H3,(H,13,16)(H,14,18). The lowest BCUT2D eigenvalue weighted by Gasteiger charge is -2.07. The van der Waals surface area contributed by atoms with Crippen LogP contribution in [0.15, 0.2) is 24.3 Å². The minimum atomic E-state index is -0.750. The van der Waals surface area contributed by atoms with E-state index in [0.717, 1.165) is 12.1 Å². The van der Waals surface area contributed by atoms with Crippen LogP contribution in [-0.2, 0) is 19.1 Å². The summed E-state index contributed by atoms with van der Waals surface area (Å²) in [5.74, 6) is -2.15. The van der Waals surface area contributed by atoms with Gasteiger partial charge in [0, 0.05) is 24.8 Å². The maximum atomic E-state index is 11.6. The van der Waals surface area contributed by atoms with Gasteiger partial charge < -0.3 is 9.47 Å². The van der Waals surface area contributed by atoms with Crippen molar-refractivity contribution >= 4 is 23.5 Å². The van der Waals surface area contributed by atoms with Crippen molar-refractivity contribution in [2.24, 2.45) is 0 Å². The van der Waals surface area contributed by atoms with E-state index in [-0.39, 0.29) is 17.9 Å². The predicted octanol–water partition coefficient (Wildman–Crippen LogP) is -0.455. The van der Waals surface area contributed by atoms with Gasteiger partial charge in [0.1, 0.15) is 6.61 Å². The fourth-order valence-corrected chi connectivity index (χ4v) is 1.27. The minimum absolute atomic E-state index is 0.113. The largest absolute Gasteiger partial charge is 0.454 e. The van der Waals surface area contributed by atoms with Crippen LogP contribution in [0.4, 0.5) is 5.69 Å². The second-order valence-corrected chi connectivity index (χ2v) is 3.90. The normalized spacial score (nSPS) is 9.68. The van der Waals surface area contributed by atoms with Gasteiger partial charge in [-0.15, -0.1) is 0 Å². The first kappa shape index (κ1) is 17.0. The second kappa shape index (κ2) is 8.32. The minimum Gasteiger partial charge on any atom is -0.454 e. The molecule has 0 heterocycles. The third kappa shape index (κ3) is 5.54. The number of hydrazine groups is 1. The highest BCUT2D eigenvalue weighted by Gasteiger charge is 2.11. The Hall–Kier alpha value is -3.01.